The molecular formula is C29H20F3N5OS. The molecule has 0 bridgehead atoms. The summed E-state index contributed by atoms with van der Waals surface area (Å²) < 4.78 is 39.8. The smallest absolute Gasteiger partial charge is 0.383 e. The number of fused-ring (bicyclic) bond motifs is 2. The van der Waals surface area contributed by atoms with E-state index in [2.05, 4.69) is 38.8 Å². The predicted octanol–water partition coefficient (Wildman–Crippen LogP) is 8.36. The lowest BCUT2D eigenvalue weighted by atomic mass is 10.0. The van der Waals surface area contributed by atoms with Gasteiger partial charge < -0.3 is 21.4 Å². The molecule has 6 nitrogen and oxygen atoms in total. The van der Waals surface area contributed by atoms with Crippen molar-refractivity contribution in [3.63, 3.8) is 0 Å². The van der Waals surface area contributed by atoms with Crippen LogP contribution in [0.25, 0.3) is 43.2 Å². The molecule has 0 atom stereocenters. The van der Waals surface area contributed by atoms with Gasteiger partial charge in [-0.25, -0.2) is 9.78 Å². The van der Waals surface area contributed by atoms with E-state index in [0.717, 1.165) is 55.4 Å². The van der Waals surface area contributed by atoms with Gasteiger partial charge in [-0.15, -0.1) is 11.3 Å². The Balaban J connectivity index is 1.24. The summed E-state index contributed by atoms with van der Waals surface area (Å²) in [4.78, 5) is 20.1. The van der Waals surface area contributed by atoms with Gasteiger partial charge in [0.1, 0.15) is 5.82 Å². The molecular weight excluding hydrogens is 523 g/mol. The van der Waals surface area contributed by atoms with Crippen LogP contribution in [-0.4, -0.2) is 16.0 Å². The highest BCUT2D eigenvalue weighted by molar-refractivity contribution is 7.18. The van der Waals surface area contributed by atoms with Crippen molar-refractivity contribution >= 4 is 55.5 Å². The van der Waals surface area contributed by atoms with Crippen LogP contribution in [0.3, 0.4) is 0 Å². The Hall–Kier alpha value is -4.83. The first-order valence-electron chi connectivity index (χ1n) is 11.9. The molecule has 0 spiro atoms. The number of nitrogens with zero attached hydrogens (tertiary/aromatic N) is 1. The summed E-state index contributed by atoms with van der Waals surface area (Å²) in [5.41, 5.74) is 10.9. The molecule has 0 aliphatic carbocycles. The van der Waals surface area contributed by atoms with Crippen molar-refractivity contribution in [3.8, 4) is 22.3 Å². The number of aromatic nitrogens is 2. The van der Waals surface area contributed by atoms with E-state index in [0.29, 0.717) is 11.5 Å². The molecule has 6 aromatic rings. The molecule has 2 amide bonds. The van der Waals surface area contributed by atoms with Crippen molar-refractivity contribution in [2.75, 3.05) is 16.4 Å². The van der Waals surface area contributed by atoms with Crippen molar-refractivity contribution in [2.24, 2.45) is 0 Å². The second-order valence-electron chi connectivity index (χ2n) is 8.93. The normalized spacial score (nSPS) is 11.7. The first-order valence-corrected chi connectivity index (χ1v) is 12.7. The van der Waals surface area contributed by atoms with Gasteiger partial charge in [-0.1, -0.05) is 30.3 Å². The number of nitrogen functional groups attached to an aromatic ring is 1. The maximum atomic E-state index is 12.9. The Kier molecular flexibility index (Phi) is 5.96. The number of thiophene rings is 1. The van der Waals surface area contributed by atoms with Crippen LogP contribution in [0.2, 0.25) is 0 Å². The third-order valence-electron chi connectivity index (χ3n) is 6.39. The Labute approximate surface area is 224 Å². The van der Waals surface area contributed by atoms with Gasteiger partial charge in [0.15, 0.2) is 0 Å². The van der Waals surface area contributed by atoms with Gasteiger partial charge in [0, 0.05) is 50.5 Å². The lowest BCUT2D eigenvalue weighted by Crippen LogP contribution is -2.19. The molecule has 194 valence electrons. The van der Waals surface area contributed by atoms with Crippen LogP contribution in [0.5, 0.6) is 0 Å². The van der Waals surface area contributed by atoms with E-state index in [1.807, 2.05) is 29.8 Å². The number of nitrogens with two attached hydrogens (primary N) is 1. The summed E-state index contributed by atoms with van der Waals surface area (Å²) in [7, 11) is 0. The van der Waals surface area contributed by atoms with Crippen LogP contribution in [0.15, 0.2) is 90.6 Å². The molecule has 0 fully saturated rings. The summed E-state index contributed by atoms with van der Waals surface area (Å²) in [6.45, 7) is 0. The summed E-state index contributed by atoms with van der Waals surface area (Å²) in [5, 5.41) is 9.09. The summed E-state index contributed by atoms with van der Waals surface area (Å²) in [6, 6.07) is 19.2. The lowest BCUT2D eigenvalue weighted by molar-refractivity contribution is -0.137. The second kappa shape index (κ2) is 9.48. The molecule has 6 rings (SSSR count). The number of rotatable bonds is 4. The number of pyridine rings is 1. The SMILES string of the molecule is Nc1ncc(-c2ccc3cc[nH]c3c2)c2scc(-c3ccc(NC(=O)Nc4cccc(C(F)(F)F)c4)cc3)c12. The topological polar surface area (TPSA) is 95.8 Å². The molecule has 39 heavy (non-hydrogen) atoms. The molecule has 10 heteroatoms. The van der Waals surface area contributed by atoms with Gasteiger partial charge in [-0.2, -0.15) is 13.2 Å². The number of urea groups is 1. The molecule has 3 heterocycles. The molecule has 5 N–H and O–H groups in total. The third-order valence-corrected chi connectivity index (χ3v) is 7.41. The zero-order valence-electron chi connectivity index (χ0n) is 20.1. The van der Waals surface area contributed by atoms with Gasteiger partial charge in [0.05, 0.1) is 5.56 Å². The fourth-order valence-corrected chi connectivity index (χ4v) is 5.62. The molecule has 0 radical (unpaired) electrons. The largest absolute Gasteiger partial charge is 0.416 e. The zero-order valence-corrected chi connectivity index (χ0v) is 21.0. The van der Waals surface area contributed by atoms with E-state index in [-0.39, 0.29) is 5.69 Å². The number of anilines is 3. The first kappa shape index (κ1) is 24.5. The third kappa shape index (κ3) is 4.77. The number of halogens is 3. The minimum absolute atomic E-state index is 0.0397. The van der Waals surface area contributed by atoms with Crippen molar-refractivity contribution in [2.45, 2.75) is 6.18 Å². The monoisotopic (exact) mass is 543 g/mol. The number of hydrogen-bond acceptors (Lipinski definition) is 4. The van der Waals surface area contributed by atoms with Crippen molar-refractivity contribution in [1.29, 1.82) is 0 Å². The van der Waals surface area contributed by atoms with E-state index in [1.54, 1.807) is 29.7 Å². The molecule has 3 aromatic carbocycles. The Morgan fingerprint density at radius 2 is 1.67 bits per heavy atom. The van der Waals surface area contributed by atoms with E-state index in [1.165, 1.54) is 12.1 Å². The Morgan fingerprint density at radius 1 is 0.897 bits per heavy atom. The number of alkyl halides is 3. The average molecular weight is 544 g/mol. The Bertz CT molecular complexity index is 1840. The van der Waals surface area contributed by atoms with E-state index in [9.17, 15) is 18.0 Å². The number of aromatic amines is 1. The fraction of sp³-hybridized carbons (Fsp3) is 0.0345. The zero-order chi connectivity index (χ0) is 27.1. The summed E-state index contributed by atoms with van der Waals surface area (Å²) in [5.74, 6) is 0.425. The lowest BCUT2D eigenvalue weighted by Gasteiger charge is -2.11. The first-order chi connectivity index (χ1) is 18.8. The van der Waals surface area contributed by atoms with Crippen LogP contribution in [0.1, 0.15) is 5.56 Å². The van der Waals surface area contributed by atoms with E-state index >= 15 is 0 Å². The van der Waals surface area contributed by atoms with Crippen molar-refractivity contribution < 1.29 is 18.0 Å². The van der Waals surface area contributed by atoms with Gasteiger partial charge in [0.25, 0.3) is 0 Å². The van der Waals surface area contributed by atoms with Crippen LogP contribution < -0.4 is 16.4 Å². The number of H-pyrrole nitrogens is 1. The number of hydrogen-bond donors (Lipinski definition) is 4. The van der Waals surface area contributed by atoms with Crippen molar-refractivity contribution in [3.05, 3.63) is 96.1 Å². The van der Waals surface area contributed by atoms with Crippen LogP contribution >= 0.6 is 11.3 Å². The highest BCUT2D eigenvalue weighted by Gasteiger charge is 2.30. The highest BCUT2D eigenvalue weighted by atomic mass is 32.1. The average Bonchev–Trinajstić information content (AvgIpc) is 3.57. The standard InChI is InChI=1S/C29H20F3N5OS/c30-29(31,32)19-2-1-3-21(13-19)37-28(38)36-20-8-6-16(7-9-20)23-15-39-26-22(14-35-27(33)25(23)26)18-5-4-17-10-11-34-24(17)12-18/h1-15,34H,(H2,33,35)(H2,36,37,38). The predicted molar refractivity (Wildman–Crippen MR) is 151 cm³/mol. The number of carbonyl (C=O) groups is 1. The minimum atomic E-state index is -4.49. The quantitative estimate of drug-likeness (QED) is 0.180. The number of benzene rings is 3. The summed E-state index contributed by atoms with van der Waals surface area (Å²) in [6.07, 6.45) is -0.800. The fourth-order valence-electron chi connectivity index (χ4n) is 4.50. The second-order valence-corrected chi connectivity index (χ2v) is 9.81. The highest BCUT2D eigenvalue weighted by Crippen LogP contribution is 2.42. The van der Waals surface area contributed by atoms with Crippen LogP contribution in [-0.2, 0) is 6.18 Å². The van der Waals surface area contributed by atoms with Crippen LogP contribution in [0, 0.1) is 0 Å². The maximum absolute atomic E-state index is 12.9. The van der Waals surface area contributed by atoms with Gasteiger partial charge >= 0.3 is 12.2 Å². The molecule has 0 saturated carbocycles. The number of carbonyl (C=O) groups excluding carboxylic acids is 1. The van der Waals surface area contributed by atoms with E-state index < -0.39 is 17.8 Å². The molecule has 0 aliphatic heterocycles. The minimum Gasteiger partial charge on any atom is -0.383 e. The molecule has 0 unspecified atom stereocenters. The van der Waals surface area contributed by atoms with Gasteiger partial charge in [-0.3, -0.25) is 0 Å². The molecule has 3 aromatic heterocycles. The van der Waals surface area contributed by atoms with Gasteiger partial charge in [-0.05, 0) is 64.4 Å². The summed E-state index contributed by atoms with van der Waals surface area (Å²) >= 11 is 1.58. The molecule has 0 aliphatic rings. The number of nitrogens with one attached hydrogen (secondary N) is 3. The maximum Gasteiger partial charge on any atom is 0.416 e. The molecule has 0 saturated heterocycles. The number of amides is 2. The van der Waals surface area contributed by atoms with Crippen molar-refractivity contribution in [1.82, 2.24) is 9.97 Å². The Morgan fingerprint density at radius 3 is 2.46 bits per heavy atom. The van der Waals surface area contributed by atoms with E-state index in [4.69, 9.17) is 5.73 Å². The van der Waals surface area contributed by atoms with Crippen LogP contribution in [0.4, 0.5) is 35.2 Å². The van der Waals surface area contributed by atoms with Gasteiger partial charge in [0.2, 0.25) is 0 Å².